The topological polar surface area (TPSA) is 59.8 Å². The van der Waals surface area contributed by atoms with Crippen molar-refractivity contribution < 1.29 is 4.79 Å². The van der Waals surface area contributed by atoms with E-state index in [1.807, 2.05) is 13.2 Å². The first-order chi connectivity index (χ1) is 8.24. The fourth-order valence-corrected chi connectivity index (χ4v) is 1.32. The van der Waals surface area contributed by atoms with Crippen LogP contribution in [0.5, 0.6) is 0 Å². The van der Waals surface area contributed by atoms with Gasteiger partial charge in [0.15, 0.2) is 0 Å². The molecule has 5 nitrogen and oxygen atoms in total. The Morgan fingerprint density at radius 3 is 2.82 bits per heavy atom. The van der Waals surface area contributed by atoms with Crippen molar-refractivity contribution in [1.29, 1.82) is 0 Å². The summed E-state index contributed by atoms with van der Waals surface area (Å²) in [6.07, 6.45) is 9.95. The standard InChI is InChI=1S/C12H12N4O/c1-16-9-10(8-14-16)2-3-12(17)15-11-4-6-13-7-5-11/h2-9H,1H3,(H,13,15,17). The number of hydrogen-bond acceptors (Lipinski definition) is 3. The first kappa shape index (κ1) is 11.1. The highest BCUT2D eigenvalue weighted by atomic mass is 16.1. The fraction of sp³-hybridized carbons (Fsp3) is 0.0833. The molecule has 2 aromatic heterocycles. The zero-order valence-corrected chi connectivity index (χ0v) is 9.37. The van der Waals surface area contributed by atoms with Gasteiger partial charge in [-0.05, 0) is 18.2 Å². The number of nitrogens with one attached hydrogen (secondary N) is 1. The Labute approximate surface area is 98.8 Å². The van der Waals surface area contributed by atoms with Gasteiger partial charge in [-0.25, -0.2) is 0 Å². The van der Waals surface area contributed by atoms with E-state index in [9.17, 15) is 4.79 Å². The number of rotatable bonds is 3. The van der Waals surface area contributed by atoms with Crippen LogP contribution in [0.4, 0.5) is 5.69 Å². The summed E-state index contributed by atoms with van der Waals surface area (Å²) >= 11 is 0. The van der Waals surface area contributed by atoms with Gasteiger partial charge in [0.25, 0.3) is 0 Å². The van der Waals surface area contributed by atoms with Gasteiger partial charge in [0.1, 0.15) is 0 Å². The van der Waals surface area contributed by atoms with Gasteiger partial charge in [-0.15, -0.1) is 0 Å². The summed E-state index contributed by atoms with van der Waals surface area (Å²) in [7, 11) is 1.83. The molecule has 0 spiro atoms. The third-order valence-corrected chi connectivity index (χ3v) is 2.10. The molecule has 1 N–H and O–H groups in total. The van der Waals surface area contributed by atoms with Crippen molar-refractivity contribution in [3.8, 4) is 0 Å². The van der Waals surface area contributed by atoms with E-state index < -0.39 is 0 Å². The summed E-state index contributed by atoms with van der Waals surface area (Å²) in [4.78, 5) is 15.4. The Morgan fingerprint density at radius 1 is 1.41 bits per heavy atom. The molecule has 2 rings (SSSR count). The lowest BCUT2D eigenvalue weighted by atomic mass is 10.3. The zero-order chi connectivity index (χ0) is 12.1. The second kappa shape index (κ2) is 5.07. The number of aromatic nitrogens is 3. The fourth-order valence-electron chi connectivity index (χ4n) is 1.32. The second-order valence-corrected chi connectivity index (χ2v) is 3.51. The number of hydrogen-bond donors (Lipinski definition) is 1. The summed E-state index contributed by atoms with van der Waals surface area (Å²) in [5, 5.41) is 6.73. The first-order valence-corrected chi connectivity index (χ1v) is 5.12. The molecular formula is C12H12N4O. The Morgan fingerprint density at radius 2 is 2.18 bits per heavy atom. The Kier molecular flexibility index (Phi) is 3.30. The highest BCUT2D eigenvalue weighted by Crippen LogP contribution is 2.04. The largest absolute Gasteiger partial charge is 0.322 e. The van der Waals surface area contributed by atoms with Crippen molar-refractivity contribution in [1.82, 2.24) is 14.8 Å². The summed E-state index contributed by atoms with van der Waals surface area (Å²) in [6.45, 7) is 0. The highest BCUT2D eigenvalue weighted by molar-refractivity contribution is 6.01. The quantitative estimate of drug-likeness (QED) is 0.809. The molecule has 2 aromatic rings. The van der Waals surface area contributed by atoms with Crippen LogP contribution in [0.3, 0.4) is 0 Å². The average Bonchev–Trinajstić information content (AvgIpc) is 2.74. The monoisotopic (exact) mass is 228 g/mol. The van der Waals surface area contributed by atoms with Crippen molar-refractivity contribution in [2.24, 2.45) is 7.05 Å². The number of amides is 1. The molecule has 0 radical (unpaired) electrons. The van der Waals surface area contributed by atoms with Crippen LogP contribution >= 0.6 is 0 Å². The van der Waals surface area contributed by atoms with Crippen LogP contribution < -0.4 is 5.32 Å². The van der Waals surface area contributed by atoms with Crippen molar-refractivity contribution in [2.45, 2.75) is 0 Å². The van der Waals surface area contributed by atoms with E-state index >= 15 is 0 Å². The van der Waals surface area contributed by atoms with Crippen LogP contribution in [0.2, 0.25) is 0 Å². The van der Waals surface area contributed by atoms with Crippen molar-refractivity contribution in [3.05, 3.63) is 48.6 Å². The molecule has 0 unspecified atom stereocenters. The summed E-state index contributed by atoms with van der Waals surface area (Å²) in [6, 6.07) is 3.46. The van der Waals surface area contributed by atoms with Crippen LogP contribution in [0.25, 0.3) is 6.08 Å². The minimum absolute atomic E-state index is 0.181. The van der Waals surface area contributed by atoms with Gasteiger partial charge in [0.2, 0.25) is 5.91 Å². The van der Waals surface area contributed by atoms with Crippen LogP contribution in [0.1, 0.15) is 5.56 Å². The van der Waals surface area contributed by atoms with Crippen LogP contribution in [-0.2, 0) is 11.8 Å². The second-order valence-electron chi connectivity index (χ2n) is 3.51. The molecule has 1 amide bonds. The molecule has 0 fully saturated rings. The van der Waals surface area contributed by atoms with Crippen LogP contribution in [-0.4, -0.2) is 20.7 Å². The predicted molar refractivity (Wildman–Crippen MR) is 65.1 cm³/mol. The van der Waals surface area contributed by atoms with Crippen molar-refractivity contribution in [2.75, 3.05) is 5.32 Å². The molecule has 17 heavy (non-hydrogen) atoms. The lowest BCUT2D eigenvalue weighted by Crippen LogP contribution is -2.07. The number of carbonyl (C=O) groups excluding carboxylic acids is 1. The van der Waals surface area contributed by atoms with E-state index in [0.717, 1.165) is 11.3 Å². The van der Waals surface area contributed by atoms with Gasteiger partial charge >= 0.3 is 0 Å². The molecule has 86 valence electrons. The maximum atomic E-state index is 11.5. The number of anilines is 1. The highest BCUT2D eigenvalue weighted by Gasteiger charge is 1.97. The van der Waals surface area contributed by atoms with Crippen molar-refractivity contribution in [3.63, 3.8) is 0 Å². The molecule has 5 heteroatoms. The molecule has 0 atom stereocenters. The van der Waals surface area contributed by atoms with Gasteiger partial charge in [0, 0.05) is 43.0 Å². The third-order valence-electron chi connectivity index (χ3n) is 2.10. The molecule has 2 heterocycles. The summed E-state index contributed by atoms with van der Waals surface area (Å²) in [5.41, 5.74) is 1.61. The molecular weight excluding hydrogens is 216 g/mol. The number of aryl methyl sites for hydroxylation is 1. The number of pyridine rings is 1. The molecule has 0 aromatic carbocycles. The van der Waals surface area contributed by atoms with Gasteiger partial charge in [-0.1, -0.05) is 0 Å². The lowest BCUT2D eigenvalue weighted by molar-refractivity contribution is -0.111. The Hall–Kier alpha value is -2.43. The van der Waals surface area contributed by atoms with E-state index in [1.54, 1.807) is 41.5 Å². The number of nitrogens with zero attached hydrogens (tertiary/aromatic N) is 3. The first-order valence-electron chi connectivity index (χ1n) is 5.12. The Balaban J connectivity index is 1.96. The normalized spacial score (nSPS) is 10.6. The SMILES string of the molecule is Cn1cc(C=CC(=O)Nc2ccncc2)cn1. The minimum Gasteiger partial charge on any atom is -0.322 e. The van der Waals surface area contributed by atoms with Gasteiger partial charge in [0.05, 0.1) is 6.20 Å². The predicted octanol–water partition coefficient (Wildman–Crippen LogP) is 1.47. The molecule has 0 aliphatic heterocycles. The van der Waals surface area contributed by atoms with Crippen LogP contribution in [0.15, 0.2) is 43.0 Å². The smallest absolute Gasteiger partial charge is 0.248 e. The minimum atomic E-state index is -0.181. The molecule has 0 saturated carbocycles. The maximum absolute atomic E-state index is 11.5. The van der Waals surface area contributed by atoms with Crippen molar-refractivity contribution >= 4 is 17.7 Å². The van der Waals surface area contributed by atoms with E-state index in [0.29, 0.717) is 0 Å². The van der Waals surface area contributed by atoms with E-state index in [4.69, 9.17) is 0 Å². The van der Waals surface area contributed by atoms with Gasteiger partial charge in [-0.3, -0.25) is 14.5 Å². The lowest BCUT2D eigenvalue weighted by Gasteiger charge is -1.99. The average molecular weight is 228 g/mol. The van der Waals surface area contributed by atoms with Gasteiger partial charge in [-0.2, -0.15) is 5.10 Å². The van der Waals surface area contributed by atoms with Gasteiger partial charge < -0.3 is 5.32 Å². The molecule has 0 aliphatic carbocycles. The van der Waals surface area contributed by atoms with E-state index in [2.05, 4.69) is 15.4 Å². The molecule has 0 bridgehead atoms. The van der Waals surface area contributed by atoms with Crippen LogP contribution in [0, 0.1) is 0 Å². The van der Waals surface area contributed by atoms with E-state index in [-0.39, 0.29) is 5.91 Å². The summed E-state index contributed by atoms with van der Waals surface area (Å²) in [5.74, 6) is -0.181. The number of carbonyl (C=O) groups is 1. The Bertz CT molecular complexity index is 530. The molecule has 0 saturated heterocycles. The summed E-state index contributed by atoms with van der Waals surface area (Å²) < 4.78 is 1.68. The maximum Gasteiger partial charge on any atom is 0.248 e. The van der Waals surface area contributed by atoms with E-state index in [1.165, 1.54) is 6.08 Å². The third kappa shape index (κ3) is 3.27. The molecule has 0 aliphatic rings. The zero-order valence-electron chi connectivity index (χ0n) is 9.37.